The van der Waals surface area contributed by atoms with Crippen LogP contribution in [0.25, 0.3) is 0 Å². The van der Waals surface area contributed by atoms with Crippen molar-refractivity contribution in [1.29, 1.82) is 0 Å². The van der Waals surface area contributed by atoms with Crippen molar-refractivity contribution in [2.24, 2.45) is 4.36 Å². The standard InChI is InChI=1S/C14H13ClF3N3OS/c1-9(10-3-5-12(19-7-10)14(16,17)18)23(2,22)21-13-6-4-11(15)8-20-13/h3-9H,1-2H3. The molecule has 2 heterocycles. The van der Waals surface area contributed by atoms with Crippen LogP contribution in [0.3, 0.4) is 0 Å². The molecule has 2 aromatic heterocycles. The highest BCUT2D eigenvalue weighted by Crippen LogP contribution is 2.30. The third-order valence-electron chi connectivity index (χ3n) is 3.19. The van der Waals surface area contributed by atoms with Gasteiger partial charge in [-0.05, 0) is 30.7 Å². The molecule has 4 nitrogen and oxygen atoms in total. The SMILES string of the molecule is CC(c1ccc(C(F)(F)F)nc1)S(C)(=O)=Nc1ccc(Cl)cn1. The zero-order valence-electron chi connectivity index (χ0n) is 12.2. The Morgan fingerprint density at radius 1 is 1.17 bits per heavy atom. The quantitative estimate of drug-likeness (QED) is 0.798. The monoisotopic (exact) mass is 363 g/mol. The number of alkyl halides is 3. The second kappa shape index (κ2) is 6.45. The molecule has 0 aliphatic rings. The van der Waals surface area contributed by atoms with Gasteiger partial charge in [0.05, 0.1) is 20.0 Å². The van der Waals surface area contributed by atoms with Gasteiger partial charge >= 0.3 is 6.18 Å². The molecule has 0 amide bonds. The Bertz CT molecular complexity index is 798. The molecule has 0 aromatic carbocycles. The van der Waals surface area contributed by atoms with E-state index in [-0.39, 0.29) is 5.82 Å². The van der Waals surface area contributed by atoms with Gasteiger partial charge in [-0.25, -0.2) is 9.19 Å². The summed E-state index contributed by atoms with van der Waals surface area (Å²) in [6, 6.07) is 5.20. The van der Waals surface area contributed by atoms with Crippen LogP contribution in [0.2, 0.25) is 5.02 Å². The van der Waals surface area contributed by atoms with Crippen molar-refractivity contribution in [3.05, 3.63) is 52.9 Å². The van der Waals surface area contributed by atoms with E-state index in [4.69, 9.17) is 11.6 Å². The summed E-state index contributed by atoms with van der Waals surface area (Å²) in [5.41, 5.74) is -0.587. The van der Waals surface area contributed by atoms with E-state index in [0.29, 0.717) is 10.6 Å². The van der Waals surface area contributed by atoms with Gasteiger partial charge in [0, 0.05) is 18.6 Å². The normalized spacial score (nSPS) is 15.7. The summed E-state index contributed by atoms with van der Waals surface area (Å²) in [6.45, 7) is 1.62. The molecule has 124 valence electrons. The van der Waals surface area contributed by atoms with Crippen molar-refractivity contribution in [1.82, 2.24) is 9.97 Å². The third-order valence-corrected chi connectivity index (χ3v) is 5.55. The van der Waals surface area contributed by atoms with E-state index >= 15 is 0 Å². The van der Waals surface area contributed by atoms with Crippen molar-refractivity contribution in [2.75, 3.05) is 6.26 Å². The Labute approximate surface area is 136 Å². The third kappa shape index (κ3) is 4.42. The number of hydrogen-bond acceptors (Lipinski definition) is 4. The summed E-state index contributed by atoms with van der Waals surface area (Å²) in [7, 11) is -2.78. The lowest BCUT2D eigenvalue weighted by Gasteiger charge is -2.14. The lowest BCUT2D eigenvalue weighted by molar-refractivity contribution is -0.141. The fourth-order valence-corrected chi connectivity index (χ4v) is 3.15. The predicted molar refractivity (Wildman–Crippen MR) is 83.1 cm³/mol. The minimum absolute atomic E-state index is 0.244. The largest absolute Gasteiger partial charge is 0.433 e. The van der Waals surface area contributed by atoms with Gasteiger partial charge < -0.3 is 0 Å². The van der Waals surface area contributed by atoms with E-state index in [1.54, 1.807) is 13.0 Å². The Morgan fingerprint density at radius 3 is 2.35 bits per heavy atom. The van der Waals surface area contributed by atoms with Gasteiger partial charge in [0.2, 0.25) is 0 Å². The van der Waals surface area contributed by atoms with Gasteiger partial charge in [-0.1, -0.05) is 17.7 Å². The Kier molecular flexibility index (Phi) is 4.95. The van der Waals surface area contributed by atoms with Crippen LogP contribution < -0.4 is 0 Å². The summed E-state index contributed by atoms with van der Waals surface area (Å²) < 4.78 is 54.4. The summed E-state index contributed by atoms with van der Waals surface area (Å²) in [5.74, 6) is 0.244. The molecule has 0 radical (unpaired) electrons. The molecule has 0 bridgehead atoms. The average Bonchev–Trinajstić information content (AvgIpc) is 2.48. The molecular weight excluding hydrogens is 351 g/mol. The number of pyridine rings is 2. The average molecular weight is 364 g/mol. The summed E-state index contributed by atoms with van der Waals surface area (Å²) in [6.07, 6.45) is -0.639. The van der Waals surface area contributed by atoms with Crippen LogP contribution in [0.15, 0.2) is 41.0 Å². The van der Waals surface area contributed by atoms with Crippen LogP contribution in [0, 0.1) is 0 Å². The Morgan fingerprint density at radius 2 is 1.87 bits per heavy atom. The Balaban J connectivity index is 2.32. The first-order valence-electron chi connectivity index (χ1n) is 6.45. The van der Waals surface area contributed by atoms with Crippen molar-refractivity contribution in [2.45, 2.75) is 18.3 Å². The summed E-state index contributed by atoms with van der Waals surface area (Å²) >= 11 is 5.72. The number of aromatic nitrogens is 2. The molecule has 0 fully saturated rings. The van der Waals surface area contributed by atoms with Crippen molar-refractivity contribution in [3.8, 4) is 0 Å². The molecule has 23 heavy (non-hydrogen) atoms. The first kappa shape index (κ1) is 17.7. The van der Waals surface area contributed by atoms with Crippen LogP contribution in [-0.4, -0.2) is 20.4 Å². The lowest BCUT2D eigenvalue weighted by atomic mass is 10.2. The predicted octanol–water partition coefficient (Wildman–Crippen LogP) is 4.64. The van der Waals surface area contributed by atoms with E-state index in [9.17, 15) is 17.4 Å². The highest BCUT2D eigenvalue weighted by atomic mass is 35.5. The van der Waals surface area contributed by atoms with Crippen molar-refractivity contribution < 1.29 is 17.4 Å². The summed E-state index contributed by atoms with van der Waals surface area (Å²) in [5, 5.41) is -0.193. The van der Waals surface area contributed by atoms with Gasteiger partial charge in [-0.15, -0.1) is 0 Å². The number of nitrogens with zero attached hydrogens (tertiary/aromatic N) is 3. The molecule has 0 saturated heterocycles. The molecule has 2 atom stereocenters. The van der Waals surface area contributed by atoms with Crippen LogP contribution >= 0.6 is 11.6 Å². The second-order valence-corrected chi connectivity index (χ2v) is 7.95. The first-order valence-corrected chi connectivity index (χ1v) is 8.82. The molecule has 2 unspecified atom stereocenters. The zero-order valence-corrected chi connectivity index (χ0v) is 13.8. The maximum absolute atomic E-state index is 12.7. The zero-order chi connectivity index (χ0) is 17.3. The van der Waals surface area contributed by atoms with Crippen LogP contribution in [0.1, 0.15) is 23.4 Å². The maximum atomic E-state index is 12.7. The molecule has 2 rings (SSSR count). The molecule has 0 spiro atoms. The molecule has 0 N–H and O–H groups in total. The topological polar surface area (TPSA) is 55.2 Å². The first-order chi connectivity index (χ1) is 10.6. The number of hydrogen-bond donors (Lipinski definition) is 0. The van der Waals surface area contributed by atoms with Gasteiger partial charge in [0.15, 0.2) is 5.82 Å². The van der Waals surface area contributed by atoms with Crippen LogP contribution in [0.4, 0.5) is 19.0 Å². The molecule has 9 heteroatoms. The molecule has 0 aliphatic carbocycles. The summed E-state index contributed by atoms with van der Waals surface area (Å²) in [4.78, 5) is 7.32. The number of halogens is 4. The lowest BCUT2D eigenvalue weighted by Crippen LogP contribution is -2.11. The fraction of sp³-hybridized carbons (Fsp3) is 0.286. The van der Waals surface area contributed by atoms with Gasteiger partial charge in [-0.2, -0.15) is 17.5 Å². The van der Waals surface area contributed by atoms with E-state index in [0.717, 1.165) is 12.3 Å². The molecule has 0 aliphatic heterocycles. The smallest absolute Gasteiger partial charge is 0.251 e. The van der Waals surface area contributed by atoms with Gasteiger partial charge in [0.25, 0.3) is 0 Å². The van der Waals surface area contributed by atoms with Crippen molar-refractivity contribution in [3.63, 3.8) is 0 Å². The molecular formula is C14H13ClF3N3OS. The van der Waals surface area contributed by atoms with Crippen LogP contribution in [-0.2, 0) is 15.9 Å². The second-order valence-electron chi connectivity index (χ2n) is 4.90. The van der Waals surface area contributed by atoms with Crippen LogP contribution in [0.5, 0.6) is 0 Å². The van der Waals surface area contributed by atoms with E-state index in [1.807, 2.05) is 0 Å². The molecule has 2 aromatic rings. The van der Waals surface area contributed by atoms with Gasteiger partial charge in [0.1, 0.15) is 5.69 Å². The maximum Gasteiger partial charge on any atom is 0.433 e. The highest BCUT2D eigenvalue weighted by molar-refractivity contribution is 7.93. The van der Waals surface area contributed by atoms with Gasteiger partial charge in [-0.3, -0.25) is 4.98 Å². The van der Waals surface area contributed by atoms with E-state index in [1.165, 1.54) is 24.6 Å². The minimum atomic E-state index is -4.51. The fourth-order valence-electron chi connectivity index (χ4n) is 1.75. The molecule has 0 saturated carbocycles. The van der Waals surface area contributed by atoms with Crippen molar-refractivity contribution >= 4 is 27.1 Å². The van der Waals surface area contributed by atoms with E-state index < -0.39 is 26.8 Å². The number of rotatable bonds is 3. The van der Waals surface area contributed by atoms with E-state index in [2.05, 4.69) is 14.3 Å². The Hall–Kier alpha value is -1.67. The minimum Gasteiger partial charge on any atom is -0.251 e. The highest BCUT2D eigenvalue weighted by Gasteiger charge is 2.32.